The van der Waals surface area contributed by atoms with Gasteiger partial charge in [-0.3, -0.25) is 4.79 Å². The maximum atomic E-state index is 12.1. The number of hydrogen-bond donors (Lipinski definition) is 3. The Balaban J connectivity index is 2.33. The van der Waals surface area contributed by atoms with Crippen LogP contribution in [0.2, 0.25) is 0 Å². The summed E-state index contributed by atoms with van der Waals surface area (Å²) in [5.41, 5.74) is 0. The molecule has 1 heterocycles. The summed E-state index contributed by atoms with van der Waals surface area (Å²) in [6, 6.07) is -0.297. The van der Waals surface area contributed by atoms with E-state index in [9.17, 15) is 9.90 Å². The summed E-state index contributed by atoms with van der Waals surface area (Å²) in [4.78, 5) is 14.0. The molecule has 1 saturated heterocycles. The van der Waals surface area contributed by atoms with Gasteiger partial charge in [0, 0.05) is 19.6 Å². The van der Waals surface area contributed by atoms with E-state index in [1.807, 2.05) is 4.90 Å². The Bertz CT molecular complexity index is 228. The number of amides is 1. The zero-order valence-electron chi connectivity index (χ0n) is 10.6. The van der Waals surface area contributed by atoms with E-state index >= 15 is 0 Å². The zero-order valence-corrected chi connectivity index (χ0v) is 10.6. The maximum Gasteiger partial charge on any atom is 0.239 e. The minimum Gasteiger partial charge on any atom is -0.394 e. The van der Waals surface area contributed by atoms with Crippen LogP contribution in [0.25, 0.3) is 0 Å². The van der Waals surface area contributed by atoms with Gasteiger partial charge in [-0.2, -0.15) is 0 Å². The normalized spacial score (nSPS) is 20.8. The second-order valence-electron chi connectivity index (χ2n) is 4.71. The molecule has 0 aliphatic carbocycles. The number of carbonyl (C=O) groups excluding carboxylic acids is 1. The van der Waals surface area contributed by atoms with Crippen LogP contribution < -0.4 is 5.32 Å². The Morgan fingerprint density at radius 2 is 1.88 bits per heavy atom. The van der Waals surface area contributed by atoms with Crippen molar-refractivity contribution in [3.63, 3.8) is 0 Å². The predicted octanol–water partition coefficient (Wildman–Crippen LogP) is -0.280. The quantitative estimate of drug-likeness (QED) is 0.622. The zero-order chi connectivity index (χ0) is 12.7. The standard InChI is InChI=1S/C12H24N2O3/c1-10(13-8-11(16)9-15)12(17)14-6-4-2-3-5-7-14/h10-11,13,15-16H,2-9H2,1H3. The minimum absolute atomic E-state index is 0.0945. The number of aliphatic hydroxyl groups is 2. The van der Waals surface area contributed by atoms with Crippen molar-refractivity contribution in [2.75, 3.05) is 26.2 Å². The van der Waals surface area contributed by atoms with Crippen molar-refractivity contribution in [3.05, 3.63) is 0 Å². The van der Waals surface area contributed by atoms with Crippen molar-refractivity contribution >= 4 is 5.91 Å². The van der Waals surface area contributed by atoms with Gasteiger partial charge in [0.25, 0.3) is 0 Å². The molecule has 0 bridgehead atoms. The Morgan fingerprint density at radius 1 is 1.29 bits per heavy atom. The van der Waals surface area contributed by atoms with Crippen molar-refractivity contribution in [1.29, 1.82) is 0 Å². The highest BCUT2D eigenvalue weighted by Crippen LogP contribution is 2.10. The number of carbonyl (C=O) groups is 1. The number of aliphatic hydroxyl groups excluding tert-OH is 2. The average molecular weight is 244 g/mol. The molecule has 5 heteroatoms. The molecule has 0 aromatic carbocycles. The number of nitrogens with zero attached hydrogens (tertiary/aromatic N) is 1. The van der Waals surface area contributed by atoms with E-state index in [0.717, 1.165) is 25.9 Å². The fourth-order valence-electron chi connectivity index (χ4n) is 2.03. The van der Waals surface area contributed by atoms with Gasteiger partial charge < -0.3 is 20.4 Å². The number of rotatable bonds is 5. The largest absolute Gasteiger partial charge is 0.394 e. The molecule has 1 aliphatic rings. The topological polar surface area (TPSA) is 72.8 Å². The fourth-order valence-corrected chi connectivity index (χ4v) is 2.03. The fraction of sp³-hybridized carbons (Fsp3) is 0.917. The summed E-state index contributed by atoms with van der Waals surface area (Å²) in [7, 11) is 0. The first-order valence-corrected chi connectivity index (χ1v) is 6.46. The van der Waals surface area contributed by atoms with Crippen LogP contribution in [0.4, 0.5) is 0 Å². The van der Waals surface area contributed by atoms with Gasteiger partial charge in [0.05, 0.1) is 18.8 Å². The second kappa shape index (κ2) is 7.63. The summed E-state index contributed by atoms with van der Waals surface area (Å²) in [6.07, 6.45) is 3.77. The maximum absolute atomic E-state index is 12.1. The highest BCUT2D eigenvalue weighted by molar-refractivity contribution is 5.81. The van der Waals surface area contributed by atoms with Gasteiger partial charge in [-0.25, -0.2) is 0 Å². The summed E-state index contributed by atoms with van der Waals surface area (Å²) < 4.78 is 0. The van der Waals surface area contributed by atoms with Gasteiger partial charge >= 0.3 is 0 Å². The molecule has 0 aromatic heterocycles. The molecule has 1 aliphatic heterocycles. The summed E-state index contributed by atoms with van der Waals surface area (Å²) in [5.74, 6) is 0.0945. The van der Waals surface area contributed by atoms with Crippen molar-refractivity contribution in [2.24, 2.45) is 0 Å². The molecule has 3 N–H and O–H groups in total. The Morgan fingerprint density at radius 3 is 2.41 bits per heavy atom. The van der Waals surface area contributed by atoms with E-state index in [-0.39, 0.29) is 25.1 Å². The third-order valence-corrected chi connectivity index (χ3v) is 3.16. The lowest BCUT2D eigenvalue weighted by Crippen LogP contribution is -2.47. The molecule has 5 nitrogen and oxygen atoms in total. The van der Waals surface area contributed by atoms with E-state index < -0.39 is 6.10 Å². The van der Waals surface area contributed by atoms with Crippen LogP contribution in [0.1, 0.15) is 32.6 Å². The van der Waals surface area contributed by atoms with Gasteiger partial charge in [-0.05, 0) is 19.8 Å². The highest BCUT2D eigenvalue weighted by Gasteiger charge is 2.21. The smallest absolute Gasteiger partial charge is 0.239 e. The number of hydrogen-bond acceptors (Lipinski definition) is 4. The van der Waals surface area contributed by atoms with Crippen LogP contribution in [0.15, 0.2) is 0 Å². The molecule has 0 radical (unpaired) electrons. The molecule has 0 spiro atoms. The van der Waals surface area contributed by atoms with E-state index in [0.29, 0.717) is 0 Å². The van der Waals surface area contributed by atoms with Crippen LogP contribution in [0, 0.1) is 0 Å². The molecule has 1 rings (SSSR count). The van der Waals surface area contributed by atoms with Crippen molar-refractivity contribution in [1.82, 2.24) is 10.2 Å². The first-order chi connectivity index (χ1) is 8.15. The summed E-state index contributed by atoms with van der Waals surface area (Å²) in [6.45, 7) is 3.45. The van der Waals surface area contributed by atoms with E-state index in [1.54, 1.807) is 6.92 Å². The van der Waals surface area contributed by atoms with Crippen molar-refractivity contribution in [3.8, 4) is 0 Å². The molecule has 2 atom stereocenters. The van der Waals surface area contributed by atoms with E-state index in [2.05, 4.69) is 5.32 Å². The van der Waals surface area contributed by atoms with Crippen LogP contribution in [-0.2, 0) is 4.79 Å². The third kappa shape index (κ3) is 5.02. The van der Waals surface area contributed by atoms with Crippen LogP contribution >= 0.6 is 0 Å². The predicted molar refractivity (Wildman–Crippen MR) is 65.6 cm³/mol. The molecular formula is C12H24N2O3. The summed E-state index contributed by atoms with van der Waals surface area (Å²) in [5, 5.41) is 20.8. The van der Waals surface area contributed by atoms with E-state index in [4.69, 9.17) is 5.11 Å². The third-order valence-electron chi connectivity index (χ3n) is 3.16. The second-order valence-corrected chi connectivity index (χ2v) is 4.71. The Hall–Kier alpha value is -0.650. The lowest BCUT2D eigenvalue weighted by molar-refractivity contribution is -0.133. The minimum atomic E-state index is -0.797. The Kier molecular flexibility index (Phi) is 6.47. The average Bonchev–Trinajstić information content (AvgIpc) is 2.63. The molecule has 0 saturated carbocycles. The molecule has 2 unspecified atom stereocenters. The van der Waals surface area contributed by atoms with Gasteiger partial charge in [0.2, 0.25) is 5.91 Å². The highest BCUT2D eigenvalue weighted by atomic mass is 16.3. The van der Waals surface area contributed by atoms with Gasteiger partial charge in [0.1, 0.15) is 0 Å². The number of nitrogens with one attached hydrogen (secondary N) is 1. The molecule has 17 heavy (non-hydrogen) atoms. The SMILES string of the molecule is CC(NCC(O)CO)C(=O)N1CCCCCC1. The first kappa shape index (κ1) is 14.4. The number of likely N-dealkylation sites (tertiary alicyclic amines) is 1. The Labute approximate surface area is 103 Å². The molecule has 1 fully saturated rings. The van der Waals surface area contributed by atoms with Gasteiger partial charge in [-0.1, -0.05) is 12.8 Å². The van der Waals surface area contributed by atoms with Crippen LogP contribution in [0.3, 0.4) is 0 Å². The monoisotopic (exact) mass is 244 g/mol. The van der Waals surface area contributed by atoms with Crippen LogP contribution in [-0.4, -0.2) is 59.4 Å². The molecule has 0 aromatic rings. The lowest BCUT2D eigenvalue weighted by atomic mass is 10.2. The van der Waals surface area contributed by atoms with Gasteiger partial charge in [0.15, 0.2) is 0 Å². The first-order valence-electron chi connectivity index (χ1n) is 6.46. The lowest BCUT2D eigenvalue weighted by Gasteiger charge is -2.25. The molecule has 1 amide bonds. The van der Waals surface area contributed by atoms with Crippen molar-refractivity contribution in [2.45, 2.75) is 44.8 Å². The van der Waals surface area contributed by atoms with E-state index in [1.165, 1.54) is 12.8 Å². The van der Waals surface area contributed by atoms with Crippen LogP contribution in [0.5, 0.6) is 0 Å². The molecular weight excluding hydrogens is 220 g/mol. The summed E-state index contributed by atoms with van der Waals surface area (Å²) >= 11 is 0. The van der Waals surface area contributed by atoms with Gasteiger partial charge in [-0.15, -0.1) is 0 Å². The van der Waals surface area contributed by atoms with Crippen molar-refractivity contribution < 1.29 is 15.0 Å². The molecule has 100 valence electrons.